The maximum absolute atomic E-state index is 13.5. The minimum atomic E-state index is -0.254. The van der Waals surface area contributed by atoms with Crippen molar-refractivity contribution in [3.05, 3.63) is 57.3 Å². The zero-order valence-electron chi connectivity index (χ0n) is 17.9. The normalized spacial score (nSPS) is 19.1. The molecule has 2 aliphatic heterocycles. The summed E-state index contributed by atoms with van der Waals surface area (Å²) < 4.78 is 18.8. The van der Waals surface area contributed by atoms with Crippen LogP contribution in [0.2, 0.25) is 0 Å². The number of ether oxygens (including phenoxy) is 1. The predicted molar refractivity (Wildman–Crippen MR) is 116 cm³/mol. The van der Waals surface area contributed by atoms with E-state index in [0.717, 1.165) is 18.4 Å². The molecule has 2 aliphatic rings. The number of carbonyl (C=O) groups excluding carboxylic acids is 1. The van der Waals surface area contributed by atoms with Gasteiger partial charge in [-0.05, 0) is 50.3 Å². The number of amides is 1. The number of aromatic nitrogens is 2. The van der Waals surface area contributed by atoms with Gasteiger partial charge in [-0.1, -0.05) is 12.1 Å². The molecular formula is C23H29FN4O3. The minimum Gasteiger partial charge on any atom is -0.378 e. The van der Waals surface area contributed by atoms with Crippen LogP contribution in [0.5, 0.6) is 0 Å². The summed E-state index contributed by atoms with van der Waals surface area (Å²) >= 11 is 0. The fourth-order valence-electron chi connectivity index (χ4n) is 4.50. The quantitative estimate of drug-likeness (QED) is 0.763. The second kappa shape index (κ2) is 9.60. The highest BCUT2D eigenvalue weighted by atomic mass is 19.1. The average molecular weight is 429 g/mol. The van der Waals surface area contributed by atoms with E-state index < -0.39 is 0 Å². The van der Waals surface area contributed by atoms with Gasteiger partial charge in [0, 0.05) is 43.4 Å². The fourth-order valence-corrected chi connectivity index (χ4v) is 4.50. The number of carbonyl (C=O) groups is 1. The molecule has 0 bridgehead atoms. The number of likely N-dealkylation sites (tertiary alicyclic amines) is 1. The molecule has 1 aromatic carbocycles. The number of hydrogen-bond donors (Lipinski definition) is 1. The third kappa shape index (κ3) is 5.12. The molecule has 0 spiro atoms. The molecule has 0 aliphatic carbocycles. The molecule has 2 aromatic rings. The van der Waals surface area contributed by atoms with Crippen LogP contribution in [-0.4, -0.2) is 59.7 Å². The molecule has 3 heterocycles. The van der Waals surface area contributed by atoms with E-state index in [-0.39, 0.29) is 29.7 Å². The van der Waals surface area contributed by atoms with E-state index in [1.165, 1.54) is 12.1 Å². The zero-order valence-corrected chi connectivity index (χ0v) is 17.9. The van der Waals surface area contributed by atoms with E-state index in [9.17, 15) is 14.0 Å². The van der Waals surface area contributed by atoms with Crippen LogP contribution >= 0.6 is 0 Å². The lowest BCUT2D eigenvalue weighted by Crippen LogP contribution is -2.39. The first kappa shape index (κ1) is 21.5. The molecule has 0 unspecified atom stereocenters. The van der Waals surface area contributed by atoms with Crippen LogP contribution in [0.4, 0.5) is 10.3 Å². The Morgan fingerprint density at radius 3 is 2.84 bits per heavy atom. The Hall–Kier alpha value is -2.74. The maximum Gasteiger partial charge on any atom is 0.255 e. The van der Waals surface area contributed by atoms with Gasteiger partial charge < -0.3 is 14.5 Å². The lowest BCUT2D eigenvalue weighted by atomic mass is 10.0. The lowest BCUT2D eigenvalue weighted by molar-refractivity contribution is -0.131. The van der Waals surface area contributed by atoms with Crippen LogP contribution in [0, 0.1) is 12.7 Å². The first-order chi connectivity index (χ1) is 15.0. The number of nitrogens with one attached hydrogen (secondary N) is 1. The summed E-state index contributed by atoms with van der Waals surface area (Å²) in [5.41, 5.74) is 1.95. The van der Waals surface area contributed by atoms with Gasteiger partial charge in [0.15, 0.2) is 0 Å². The van der Waals surface area contributed by atoms with Crippen molar-refractivity contribution in [2.75, 3.05) is 37.7 Å². The molecule has 8 heteroatoms. The Morgan fingerprint density at radius 1 is 1.29 bits per heavy atom. The summed E-state index contributed by atoms with van der Waals surface area (Å²) in [5, 5.41) is 0. The van der Waals surface area contributed by atoms with Crippen molar-refractivity contribution in [2.24, 2.45) is 0 Å². The third-order valence-electron chi connectivity index (χ3n) is 6.17. The van der Waals surface area contributed by atoms with E-state index in [0.29, 0.717) is 62.9 Å². The largest absolute Gasteiger partial charge is 0.378 e. The topological polar surface area (TPSA) is 78.5 Å². The summed E-state index contributed by atoms with van der Waals surface area (Å²) in [4.78, 5) is 36.9. The molecular weight excluding hydrogens is 399 g/mol. The van der Waals surface area contributed by atoms with Crippen LogP contribution < -0.4 is 10.5 Å². The monoisotopic (exact) mass is 428 g/mol. The number of morpholine rings is 1. The predicted octanol–water partition coefficient (Wildman–Crippen LogP) is 2.22. The molecule has 31 heavy (non-hydrogen) atoms. The van der Waals surface area contributed by atoms with Crippen molar-refractivity contribution in [3.63, 3.8) is 0 Å². The van der Waals surface area contributed by atoms with Crippen LogP contribution in [0.3, 0.4) is 0 Å². The SMILES string of the molecule is Cc1nc(N2CCOCC2)[nH]c(=O)c1CCC(=O)N1CCC[C@@H]1Cc1cccc(F)c1. The van der Waals surface area contributed by atoms with Crippen LogP contribution in [0.15, 0.2) is 29.1 Å². The zero-order chi connectivity index (χ0) is 21.8. The smallest absolute Gasteiger partial charge is 0.255 e. The summed E-state index contributed by atoms with van der Waals surface area (Å²) in [5.74, 6) is 0.349. The van der Waals surface area contributed by atoms with E-state index >= 15 is 0 Å². The highest BCUT2D eigenvalue weighted by Crippen LogP contribution is 2.23. The van der Waals surface area contributed by atoms with Crippen LogP contribution in [0.25, 0.3) is 0 Å². The summed E-state index contributed by atoms with van der Waals surface area (Å²) in [7, 11) is 0. The molecule has 166 valence electrons. The van der Waals surface area contributed by atoms with Crippen molar-refractivity contribution in [1.29, 1.82) is 0 Å². The molecule has 0 radical (unpaired) electrons. The van der Waals surface area contributed by atoms with Gasteiger partial charge in [-0.25, -0.2) is 9.37 Å². The molecule has 2 fully saturated rings. The number of halogens is 1. The molecule has 2 saturated heterocycles. The third-order valence-corrected chi connectivity index (χ3v) is 6.17. The Morgan fingerprint density at radius 2 is 2.10 bits per heavy atom. The number of aryl methyl sites for hydroxylation is 1. The highest BCUT2D eigenvalue weighted by Gasteiger charge is 2.29. The first-order valence-electron chi connectivity index (χ1n) is 11.0. The Labute approximate surface area is 181 Å². The van der Waals surface area contributed by atoms with Crippen molar-refractivity contribution < 1.29 is 13.9 Å². The van der Waals surface area contributed by atoms with Gasteiger partial charge in [0.25, 0.3) is 5.56 Å². The first-order valence-corrected chi connectivity index (χ1v) is 11.0. The maximum atomic E-state index is 13.5. The van der Waals surface area contributed by atoms with Gasteiger partial charge in [0.1, 0.15) is 5.82 Å². The Kier molecular flexibility index (Phi) is 6.65. The van der Waals surface area contributed by atoms with Crippen LogP contribution in [0.1, 0.15) is 36.1 Å². The number of rotatable bonds is 6. The molecule has 7 nitrogen and oxygen atoms in total. The number of hydrogen-bond acceptors (Lipinski definition) is 5. The van der Waals surface area contributed by atoms with Crippen molar-refractivity contribution >= 4 is 11.9 Å². The van der Waals surface area contributed by atoms with E-state index in [2.05, 4.69) is 9.97 Å². The number of anilines is 1. The second-order valence-corrected chi connectivity index (χ2v) is 8.27. The van der Waals surface area contributed by atoms with E-state index in [4.69, 9.17) is 4.74 Å². The Balaban J connectivity index is 1.39. The number of nitrogens with zero attached hydrogens (tertiary/aromatic N) is 3. The highest BCUT2D eigenvalue weighted by molar-refractivity contribution is 5.77. The average Bonchev–Trinajstić information content (AvgIpc) is 3.21. The van der Waals surface area contributed by atoms with Crippen LogP contribution in [-0.2, 0) is 22.4 Å². The van der Waals surface area contributed by atoms with E-state index in [1.807, 2.05) is 22.8 Å². The summed E-state index contributed by atoms with van der Waals surface area (Å²) in [6.07, 6.45) is 3.14. The molecule has 1 amide bonds. The molecule has 1 atom stereocenters. The van der Waals surface area contributed by atoms with E-state index in [1.54, 1.807) is 6.07 Å². The number of H-pyrrole nitrogens is 1. The van der Waals surface area contributed by atoms with Crippen molar-refractivity contribution in [1.82, 2.24) is 14.9 Å². The minimum absolute atomic E-state index is 0.0370. The Bertz CT molecular complexity index is 987. The van der Waals surface area contributed by atoms with Gasteiger partial charge in [-0.15, -0.1) is 0 Å². The molecule has 4 rings (SSSR count). The standard InChI is InChI=1S/C23H29FN4O3/c1-16-20(22(30)26-23(25-16)27-10-12-31-13-11-27)7-8-21(29)28-9-3-6-19(28)15-17-4-2-5-18(24)14-17/h2,4-5,14,19H,3,6-13,15H2,1H3,(H,25,26,30)/t19-/m1/s1. The molecule has 1 N–H and O–H groups in total. The number of aromatic amines is 1. The van der Waals surface area contributed by atoms with Gasteiger partial charge in [-0.3, -0.25) is 14.6 Å². The lowest BCUT2D eigenvalue weighted by Gasteiger charge is -2.27. The van der Waals surface area contributed by atoms with Gasteiger partial charge in [0.2, 0.25) is 11.9 Å². The van der Waals surface area contributed by atoms with Crippen molar-refractivity contribution in [2.45, 2.75) is 45.1 Å². The fraction of sp³-hybridized carbons (Fsp3) is 0.522. The summed E-state index contributed by atoms with van der Waals surface area (Å²) in [6, 6.07) is 6.64. The van der Waals surface area contributed by atoms with Gasteiger partial charge in [0.05, 0.1) is 13.2 Å². The summed E-state index contributed by atoms with van der Waals surface area (Å²) in [6.45, 7) is 5.16. The van der Waals surface area contributed by atoms with Gasteiger partial charge in [-0.2, -0.15) is 0 Å². The number of benzene rings is 1. The second-order valence-electron chi connectivity index (χ2n) is 8.27. The molecule has 0 saturated carbocycles. The van der Waals surface area contributed by atoms with Crippen molar-refractivity contribution in [3.8, 4) is 0 Å². The van der Waals surface area contributed by atoms with Gasteiger partial charge >= 0.3 is 0 Å². The molecule has 1 aromatic heterocycles.